The van der Waals surface area contributed by atoms with Crippen LogP contribution in [0, 0.1) is 0 Å². The number of benzene rings is 1. The molecule has 0 bridgehead atoms. The lowest BCUT2D eigenvalue weighted by Gasteiger charge is -2.34. The van der Waals surface area contributed by atoms with Crippen molar-refractivity contribution in [2.75, 3.05) is 52.4 Å². The number of carbonyl (C=O) groups is 1. The fourth-order valence-electron chi connectivity index (χ4n) is 3.38. The number of aromatic nitrogens is 2. The first-order chi connectivity index (χ1) is 14.1. The van der Waals surface area contributed by atoms with E-state index in [-0.39, 0.29) is 5.91 Å². The highest BCUT2D eigenvalue weighted by Gasteiger charge is 2.26. The average Bonchev–Trinajstić information content (AvgIpc) is 3.31. The van der Waals surface area contributed by atoms with E-state index in [4.69, 9.17) is 18.6 Å². The molecule has 0 aliphatic carbocycles. The van der Waals surface area contributed by atoms with Crippen LogP contribution in [0.25, 0.3) is 10.9 Å². The molecule has 0 N–H and O–H groups in total. The lowest BCUT2D eigenvalue weighted by Crippen LogP contribution is -2.49. The zero-order chi connectivity index (χ0) is 20.4. The van der Waals surface area contributed by atoms with Crippen molar-refractivity contribution < 1.29 is 23.4 Å². The summed E-state index contributed by atoms with van der Waals surface area (Å²) in [6, 6.07) is 6.99. The molecular weight excluding hydrogens is 376 g/mol. The third kappa shape index (κ3) is 3.51. The molecule has 1 aliphatic rings. The topological polar surface area (TPSA) is 90.2 Å². The number of methoxy groups -OCH3 is 3. The summed E-state index contributed by atoms with van der Waals surface area (Å²) >= 11 is 0. The molecule has 3 aromatic rings. The third-order valence-corrected chi connectivity index (χ3v) is 4.93. The van der Waals surface area contributed by atoms with E-state index in [1.807, 2.05) is 4.90 Å². The Hall–Kier alpha value is -3.49. The minimum absolute atomic E-state index is 0.108. The van der Waals surface area contributed by atoms with Crippen LogP contribution in [0.2, 0.25) is 0 Å². The maximum atomic E-state index is 12.4. The molecule has 0 saturated carbocycles. The van der Waals surface area contributed by atoms with Crippen LogP contribution in [0.5, 0.6) is 17.4 Å². The molecule has 1 fully saturated rings. The van der Waals surface area contributed by atoms with Crippen molar-refractivity contribution in [3.63, 3.8) is 0 Å². The summed E-state index contributed by atoms with van der Waals surface area (Å²) in [5.41, 5.74) is 0.693. The zero-order valence-electron chi connectivity index (χ0n) is 16.5. The summed E-state index contributed by atoms with van der Waals surface area (Å²) in [7, 11) is 4.73. The number of ether oxygens (including phenoxy) is 3. The Balaban J connectivity index is 1.59. The number of piperazine rings is 1. The monoisotopic (exact) mass is 398 g/mol. The summed E-state index contributed by atoms with van der Waals surface area (Å²) in [6.07, 6.45) is 1.50. The van der Waals surface area contributed by atoms with Gasteiger partial charge in [-0.05, 0) is 18.2 Å². The van der Waals surface area contributed by atoms with Crippen LogP contribution in [-0.4, -0.2) is 68.3 Å². The highest BCUT2D eigenvalue weighted by molar-refractivity contribution is 5.91. The predicted molar refractivity (Wildman–Crippen MR) is 106 cm³/mol. The normalized spacial score (nSPS) is 14.2. The van der Waals surface area contributed by atoms with Gasteiger partial charge >= 0.3 is 0 Å². The minimum Gasteiger partial charge on any atom is -0.493 e. The highest BCUT2D eigenvalue weighted by atomic mass is 16.5. The van der Waals surface area contributed by atoms with Crippen LogP contribution in [0.4, 0.5) is 5.95 Å². The third-order valence-electron chi connectivity index (χ3n) is 4.93. The van der Waals surface area contributed by atoms with Gasteiger partial charge in [0.1, 0.15) is 0 Å². The van der Waals surface area contributed by atoms with E-state index in [0.717, 1.165) is 5.39 Å². The van der Waals surface area contributed by atoms with E-state index in [2.05, 4.69) is 9.97 Å². The molecule has 152 valence electrons. The molecule has 2 aromatic heterocycles. The smallest absolute Gasteiger partial charge is 0.289 e. The van der Waals surface area contributed by atoms with E-state index >= 15 is 0 Å². The van der Waals surface area contributed by atoms with Gasteiger partial charge in [-0.1, -0.05) is 0 Å². The molecule has 29 heavy (non-hydrogen) atoms. The van der Waals surface area contributed by atoms with Crippen molar-refractivity contribution in [1.82, 2.24) is 14.9 Å². The SMILES string of the molecule is COc1cc2nc(N3CCN(C(=O)c4ccco4)CC3)nc(OC)c2cc1OC. The Kier molecular flexibility index (Phi) is 5.11. The van der Waals surface area contributed by atoms with Gasteiger partial charge in [0.2, 0.25) is 11.8 Å². The quantitative estimate of drug-likeness (QED) is 0.646. The Labute approximate surface area is 167 Å². The summed E-state index contributed by atoms with van der Waals surface area (Å²) in [4.78, 5) is 25.5. The van der Waals surface area contributed by atoms with E-state index < -0.39 is 0 Å². The number of amides is 1. The van der Waals surface area contributed by atoms with Crippen molar-refractivity contribution in [2.45, 2.75) is 0 Å². The van der Waals surface area contributed by atoms with Crippen molar-refractivity contribution in [3.8, 4) is 17.4 Å². The molecule has 1 aliphatic heterocycles. The number of fused-ring (bicyclic) bond motifs is 1. The number of hydrogen-bond acceptors (Lipinski definition) is 8. The number of anilines is 1. The van der Waals surface area contributed by atoms with Gasteiger partial charge in [-0.2, -0.15) is 4.98 Å². The first-order valence-corrected chi connectivity index (χ1v) is 9.20. The Bertz CT molecular complexity index is 1010. The largest absolute Gasteiger partial charge is 0.493 e. The molecule has 3 heterocycles. The second kappa shape index (κ2) is 7.86. The highest BCUT2D eigenvalue weighted by Crippen LogP contribution is 2.35. The number of furan rings is 1. The number of nitrogens with zero attached hydrogens (tertiary/aromatic N) is 4. The minimum atomic E-state index is -0.108. The molecule has 0 radical (unpaired) electrons. The number of carbonyl (C=O) groups excluding carboxylic acids is 1. The lowest BCUT2D eigenvalue weighted by atomic mass is 10.2. The van der Waals surface area contributed by atoms with Gasteiger partial charge in [0.15, 0.2) is 17.3 Å². The van der Waals surface area contributed by atoms with E-state index in [1.54, 1.807) is 50.5 Å². The number of hydrogen-bond donors (Lipinski definition) is 0. The molecule has 9 heteroatoms. The van der Waals surface area contributed by atoms with Gasteiger partial charge < -0.3 is 28.4 Å². The fraction of sp³-hybridized carbons (Fsp3) is 0.350. The van der Waals surface area contributed by atoms with Crippen molar-refractivity contribution in [3.05, 3.63) is 36.3 Å². The summed E-state index contributed by atoms with van der Waals surface area (Å²) in [6.45, 7) is 2.31. The summed E-state index contributed by atoms with van der Waals surface area (Å²) in [5.74, 6) is 2.42. The van der Waals surface area contributed by atoms with Gasteiger partial charge in [-0.25, -0.2) is 4.98 Å². The Morgan fingerprint density at radius 2 is 1.72 bits per heavy atom. The second-order valence-electron chi connectivity index (χ2n) is 6.51. The maximum Gasteiger partial charge on any atom is 0.289 e. The maximum absolute atomic E-state index is 12.4. The number of rotatable bonds is 5. The fourth-order valence-corrected chi connectivity index (χ4v) is 3.38. The van der Waals surface area contributed by atoms with Crippen LogP contribution in [0.3, 0.4) is 0 Å². The first kappa shape index (κ1) is 18.9. The summed E-state index contributed by atoms with van der Waals surface area (Å²) < 4.78 is 21.4. The van der Waals surface area contributed by atoms with Crippen LogP contribution in [0.15, 0.2) is 34.9 Å². The van der Waals surface area contributed by atoms with E-state index in [1.165, 1.54) is 6.26 Å². The molecule has 1 saturated heterocycles. The van der Waals surface area contributed by atoms with E-state index in [9.17, 15) is 4.79 Å². The zero-order valence-corrected chi connectivity index (χ0v) is 16.5. The van der Waals surface area contributed by atoms with Gasteiger partial charge in [0, 0.05) is 32.2 Å². The van der Waals surface area contributed by atoms with Gasteiger partial charge in [-0.3, -0.25) is 4.79 Å². The molecule has 1 amide bonds. The molecule has 9 nitrogen and oxygen atoms in total. The molecule has 0 spiro atoms. The summed E-state index contributed by atoms with van der Waals surface area (Å²) in [5, 5.41) is 0.737. The van der Waals surface area contributed by atoms with Crippen LogP contribution in [0.1, 0.15) is 10.6 Å². The van der Waals surface area contributed by atoms with Crippen molar-refractivity contribution in [1.29, 1.82) is 0 Å². The average molecular weight is 398 g/mol. The van der Waals surface area contributed by atoms with Crippen molar-refractivity contribution >= 4 is 22.8 Å². The van der Waals surface area contributed by atoms with E-state index in [0.29, 0.717) is 60.8 Å². The van der Waals surface area contributed by atoms with Crippen molar-refractivity contribution in [2.24, 2.45) is 0 Å². The van der Waals surface area contributed by atoms with Crippen LogP contribution < -0.4 is 19.1 Å². The van der Waals surface area contributed by atoms with Gasteiger partial charge in [-0.15, -0.1) is 0 Å². The second-order valence-corrected chi connectivity index (χ2v) is 6.51. The molecule has 0 unspecified atom stereocenters. The van der Waals surface area contributed by atoms with Gasteiger partial charge in [0.05, 0.1) is 38.5 Å². The van der Waals surface area contributed by atoms with Gasteiger partial charge in [0.25, 0.3) is 5.91 Å². The predicted octanol–water partition coefficient (Wildman–Crippen LogP) is 2.21. The van der Waals surface area contributed by atoms with Crippen LogP contribution >= 0.6 is 0 Å². The lowest BCUT2D eigenvalue weighted by molar-refractivity contribution is 0.0714. The molecule has 4 rings (SSSR count). The molecular formula is C20H22N4O5. The first-order valence-electron chi connectivity index (χ1n) is 9.20. The Morgan fingerprint density at radius 1 is 1.00 bits per heavy atom. The molecule has 0 atom stereocenters. The Morgan fingerprint density at radius 3 is 2.34 bits per heavy atom. The molecule has 1 aromatic carbocycles. The standard InChI is InChI=1S/C20H22N4O5/c1-26-16-11-13-14(12-17(16)27-2)21-20(22-18(13)28-3)24-8-6-23(7-9-24)19(25)15-5-4-10-29-15/h4-5,10-12H,6-9H2,1-3H3. The van der Waals surface area contributed by atoms with Crippen LogP contribution in [-0.2, 0) is 0 Å².